The Morgan fingerprint density at radius 3 is 2.08 bits per heavy atom. The number of hydrogen-bond donors (Lipinski definition) is 0. The maximum atomic E-state index is 12.9. The molecule has 0 aromatic carbocycles. The van der Waals surface area contributed by atoms with Crippen LogP contribution >= 0.6 is 0 Å². The summed E-state index contributed by atoms with van der Waals surface area (Å²) in [5.41, 5.74) is -0.190. The number of carbonyl (C=O) groups is 3. The number of ether oxygens (including phenoxy) is 2. The van der Waals surface area contributed by atoms with Crippen LogP contribution in [0.4, 0.5) is 0 Å². The second kappa shape index (κ2) is 8.80. The number of ketones is 1. The zero-order chi connectivity index (χ0) is 27.9. The van der Waals surface area contributed by atoms with Gasteiger partial charge >= 0.3 is 11.9 Å². The summed E-state index contributed by atoms with van der Waals surface area (Å²) in [5.74, 6) is 1.25. The SMILES string of the molecule is CC(=O)OCC12CCC3(C)C4CC(C)(C)CCC4(OC(C)=O)CCC3(C)C1CCC1(C)C(C)C(=O)CCC12. The highest BCUT2D eigenvalue weighted by Gasteiger charge is 2.73. The Labute approximate surface area is 230 Å². The summed E-state index contributed by atoms with van der Waals surface area (Å²) in [6.45, 7) is 17.9. The van der Waals surface area contributed by atoms with E-state index in [-0.39, 0.29) is 50.5 Å². The lowest BCUT2D eigenvalue weighted by Crippen LogP contribution is -2.71. The van der Waals surface area contributed by atoms with Crippen LogP contribution in [-0.2, 0) is 23.9 Å². The van der Waals surface area contributed by atoms with E-state index in [0.717, 1.165) is 64.2 Å². The van der Waals surface area contributed by atoms with E-state index >= 15 is 0 Å². The maximum absolute atomic E-state index is 12.9. The minimum absolute atomic E-state index is 0.0343. The van der Waals surface area contributed by atoms with Crippen LogP contribution in [0.2, 0.25) is 0 Å². The van der Waals surface area contributed by atoms with Gasteiger partial charge in [0.1, 0.15) is 11.4 Å². The summed E-state index contributed by atoms with van der Waals surface area (Å²) in [6.07, 6.45) is 10.9. The molecule has 0 saturated heterocycles. The van der Waals surface area contributed by atoms with Gasteiger partial charge in [0.15, 0.2) is 0 Å². The monoisotopic (exact) mass is 528 g/mol. The van der Waals surface area contributed by atoms with Gasteiger partial charge in [-0.3, -0.25) is 14.4 Å². The van der Waals surface area contributed by atoms with Crippen LogP contribution < -0.4 is 0 Å². The van der Waals surface area contributed by atoms with Gasteiger partial charge in [0.2, 0.25) is 0 Å². The van der Waals surface area contributed by atoms with Gasteiger partial charge in [-0.15, -0.1) is 0 Å². The topological polar surface area (TPSA) is 69.7 Å². The number of rotatable bonds is 3. The standard InChI is InChI=1S/C33H52O5/c1-21-24(36)9-10-25-29(21,6)12-11-26-30(7)15-18-33(38-23(3)35)17-13-28(4,5)19-27(33)31(30,8)14-16-32(25,26)20-37-22(2)34/h21,25-27H,9-20H2,1-8H3. The molecule has 0 amide bonds. The first-order valence-electron chi connectivity index (χ1n) is 15.4. The molecule has 5 rings (SSSR count). The Bertz CT molecular complexity index is 1020. The van der Waals surface area contributed by atoms with Crippen LogP contribution in [0.25, 0.3) is 0 Å². The fraction of sp³-hybridized carbons (Fsp3) is 0.909. The predicted octanol–water partition coefficient (Wildman–Crippen LogP) is 7.30. The normalized spacial score (nSPS) is 49.5. The molecule has 0 aliphatic heterocycles. The van der Waals surface area contributed by atoms with E-state index in [1.807, 2.05) is 0 Å². The molecule has 38 heavy (non-hydrogen) atoms. The fourth-order valence-electron chi connectivity index (χ4n) is 11.4. The van der Waals surface area contributed by atoms with Crippen LogP contribution in [0.5, 0.6) is 0 Å². The van der Waals surface area contributed by atoms with E-state index in [0.29, 0.717) is 36.6 Å². The van der Waals surface area contributed by atoms with Gasteiger partial charge in [0.05, 0.1) is 6.61 Å². The number of hydrogen-bond acceptors (Lipinski definition) is 5. The fourth-order valence-corrected chi connectivity index (χ4v) is 11.4. The molecule has 5 nitrogen and oxygen atoms in total. The Morgan fingerprint density at radius 1 is 0.789 bits per heavy atom. The third-order valence-electron chi connectivity index (χ3n) is 13.8. The number of Topliss-reactive ketones (excluding diaryl/α,β-unsaturated/α-hetero) is 1. The van der Waals surface area contributed by atoms with Crippen molar-refractivity contribution in [2.45, 2.75) is 132 Å². The Kier molecular flexibility index (Phi) is 6.52. The van der Waals surface area contributed by atoms with Crippen molar-refractivity contribution in [2.75, 3.05) is 6.61 Å². The highest BCUT2D eigenvalue weighted by molar-refractivity contribution is 5.82. The first-order valence-corrected chi connectivity index (χ1v) is 15.4. The predicted molar refractivity (Wildman–Crippen MR) is 147 cm³/mol. The first-order chi connectivity index (χ1) is 17.6. The molecule has 0 heterocycles. The molecule has 0 N–H and O–H groups in total. The van der Waals surface area contributed by atoms with Gasteiger partial charge in [0.25, 0.3) is 0 Å². The molecule has 9 unspecified atom stereocenters. The van der Waals surface area contributed by atoms with E-state index in [9.17, 15) is 14.4 Å². The van der Waals surface area contributed by atoms with E-state index in [4.69, 9.17) is 9.47 Å². The van der Waals surface area contributed by atoms with Crippen molar-refractivity contribution < 1.29 is 23.9 Å². The third-order valence-corrected chi connectivity index (χ3v) is 13.8. The average molecular weight is 529 g/mol. The molecule has 5 heteroatoms. The zero-order valence-electron chi connectivity index (χ0n) is 25.3. The Morgan fingerprint density at radius 2 is 1.42 bits per heavy atom. The lowest BCUT2D eigenvalue weighted by molar-refractivity contribution is -0.286. The second-order valence-electron chi connectivity index (χ2n) is 15.8. The van der Waals surface area contributed by atoms with Crippen molar-refractivity contribution in [1.29, 1.82) is 0 Å². The molecular weight excluding hydrogens is 476 g/mol. The van der Waals surface area contributed by atoms with Crippen molar-refractivity contribution >= 4 is 17.7 Å². The number of fused-ring (bicyclic) bond motifs is 7. The van der Waals surface area contributed by atoms with Crippen LogP contribution in [0.15, 0.2) is 0 Å². The molecule has 9 atom stereocenters. The molecule has 5 fully saturated rings. The minimum Gasteiger partial charge on any atom is -0.465 e. The molecule has 5 aliphatic rings. The molecule has 0 bridgehead atoms. The zero-order valence-corrected chi connectivity index (χ0v) is 25.3. The molecule has 0 radical (unpaired) electrons. The highest BCUT2D eigenvalue weighted by Crippen LogP contribution is 2.77. The highest BCUT2D eigenvalue weighted by atomic mass is 16.6. The summed E-state index contributed by atoms with van der Waals surface area (Å²) in [6, 6.07) is 0. The molecule has 0 spiro atoms. The maximum Gasteiger partial charge on any atom is 0.303 e. The molecular formula is C33H52O5. The molecule has 5 aliphatic carbocycles. The van der Waals surface area contributed by atoms with Gasteiger partial charge in [-0.2, -0.15) is 0 Å². The van der Waals surface area contributed by atoms with Crippen molar-refractivity contribution in [2.24, 2.45) is 50.7 Å². The van der Waals surface area contributed by atoms with Crippen LogP contribution in [0.3, 0.4) is 0 Å². The van der Waals surface area contributed by atoms with Crippen LogP contribution in [0.1, 0.15) is 126 Å². The van der Waals surface area contributed by atoms with Crippen molar-refractivity contribution in [1.82, 2.24) is 0 Å². The minimum atomic E-state index is -0.361. The van der Waals surface area contributed by atoms with Gasteiger partial charge in [-0.1, -0.05) is 41.5 Å². The average Bonchev–Trinajstić information content (AvgIpc) is 2.82. The Hall–Kier alpha value is -1.39. The molecule has 214 valence electrons. The second-order valence-corrected chi connectivity index (χ2v) is 15.8. The lowest BCUT2D eigenvalue weighted by Gasteiger charge is -2.74. The largest absolute Gasteiger partial charge is 0.465 e. The van der Waals surface area contributed by atoms with Gasteiger partial charge in [-0.25, -0.2) is 0 Å². The molecule has 0 aromatic rings. The summed E-state index contributed by atoms with van der Waals surface area (Å²) in [4.78, 5) is 37.6. The van der Waals surface area contributed by atoms with Crippen LogP contribution in [-0.4, -0.2) is 29.9 Å². The summed E-state index contributed by atoms with van der Waals surface area (Å²) >= 11 is 0. The Balaban J connectivity index is 1.60. The van der Waals surface area contributed by atoms with Crippen molar-refractivity contribution in [3.63, 3.8) is 0 Å². The summed E-state index contributed by atoms with van der Waals surface area (Å²) < 4.78 is 12.3. The van der Waals surface area contributed by atoms with E-state index in [2.05, 4.69) is 41.5 Å². The smallest absolute Gasteiger partial charge is 0.303 e. The van der Waals surface area contributed by atoms with E-state index < -0.39 is 0 Å². The van der Waals surface area contributed by atoms with Gasteiger partial charge in [0, 0.05) is 37.5 Å². The van der Waals surface area contributed by atoms with Crippen LogP contribution in [0, 0.1) is 50.7 Å². The quantitative estimate of drug-likeness (QED) is 0.360. The van der Waals surface area contributed by atoms with Crippen molar-refractivity contribution in [3.8, 4) is 0 Å². The third kappa shape index (κ3) is 3.79. The number of esters is 2. The van der Waals surface area contributed by atoms with Gasteiger partial charge < -0.3 is 9.47 Å². The first kappa shape index (κ1) is 28.1. The summed E-state index contributed by atoms with van der Waals surface area (Å²) in [7, 11) is 0. The molecule has 5 saturated carbocycles. The lowest BCUT2D eigenvalue weighted by atomic mass is 9.31. The van der Waals surface area contributed by atoms with Gasteiger partial charge in [-0.05, 0) is 97.7 Å². The molecule has 0 aromatic heterocycles. The van der Waals surface area contributed by atoms with Crippen molar-refractivity contribution in [3.05, 3.63) is 0 Å². The van der Waals surface area contributed by atoms with E-state index in [1.165, 1.54) is 6.92 Å². The summed E-state index contributed by atoms with van der Waals surface area (Å²) in [5, 5.41) is 0. The number of carbonyl (C=O) groups excluding carboxylic acids is 3. The van der Waals surface area contributed by atoms with E-state index in [1.54, 1.807) is 6.92 Å².